The van der Waals surface area contributed by atoms with Crippen molar-refractivity contribution in [1.29, 1.82) is 0 Å². The van der Waals surface area contributed by atoms with Crippen molar-refractivity contribution in [3.63, 3.8) is 0 Å². The Morgan fingerprint density at radius 1 is 1.16 bits per heavy atom. The Kier molecular flexibility index (Phi) is 7.61. The maximum atomic E-state index is 11.6. The highest BCUT2D eigenvalue weighted by atomic mass is 32.2. The van der Waals surface area contributed by atoms with Crippen LogP contribution in [-0.2, 0) is 21.2 Å². The third-order valence-corrected chi connectivity index (χ3v) is 6.05. The van der Waals surface area contributed by atoms with Gasteiger partial charge >= 0.3 is 0 Å². The fourth-order valence-corrected chi connectivity index (χ4v) is 4.41. The Morgan fingerprint density at radius 3 is 2.50 bits per heavy atom. The van der Waals surface area contributed by atoms with Crippen molar-refractivity contribution < 1.29 is 28.2 Å². The van der Waals surface area contributed by atoms with Crippen molar-refractivity contribution in [1.82, 2.24) is 10.6 Å². The second kappa shape index (κ2) is 10.2. The van der Waals surface area contributed by atoms with E-state index in [0.717, 1.165) is 23.6 Å². The largest absolute Gasteiger partial charge is 0.506 e. The molecule has 10 nitrogen and oxygen atoms in total. The molecule has 0 aromatic heterocycles. The van der Waals surface area contributed by atoms with Gasteiger partial charge in [0, 0.05) is 17.8 Å². The number of aliphatic hydroxyl groups is 1. The van der Waals surface area contributed by atoms with E-state index in [1.165, 1.54) is 12.1 Å². The predicted molar refractivity (Wildman–Crippen MR) is 123 cm³/mol. The van der Waals surface area contributed by atoms with Gasteiger partial charge in [-0.25, -0.2) is 8.42 Å². The maximum absolute atomic E-state index is 11.6. The Balaban J connectivity index is 1.49. The monoisotopic (exact) mass is 480 g/mol. The molecule has 32 heavy (non-hydrogen) atoms. The predicted octanol–water partition coefficient (Wildman–Crippen LogP) is 1.35. The van der Waals surface area contributed by atoms with Gasteiger partial charge in [-0.15, -0.1) is 0 Å². The molecule has 2 atom stereocenters. The van der Waals surface area contributed by atoms with Crippen LogP contribution in [0.2, 0.25) is 0 Å². The Labute approximate surface area is 189 Å². The molecule has 2 aromatic rings. The number of sulfonamides is 1. The molecular weight excluding hydrogens is 456 g/mol. The molecule has 6 N–H and O–H groups in total. The number of imide groups is 1. The number of phenolic OH excluding ortho intramolecular Hbond substituents is 1. The van der Waals surface area contributed by atoms with Crippen LogP contribution in [0.4, 0.5) is 16.2 Å². The summed E-state index contributed by atoms with van der Waals surface area (Å²) in [7, 11) is -3.62. The summed E-state index contributed by atoms with van der Waals surface area (Å²) >= 11 is 0.897. The van der Waals surface area contributed by atoms with Crippen LogP contribution in [0.3, 0.4) is 0 Å². The van der Waals surface area contributed by atoms with E-state index in [9.17, 15) is 28.2 Å². The molecule has 2 aromatic carbocycles. The van der Waals surface area contributed by atoms with Gasteiger partial charge in [-0.3, -0.25) is 19.6 Å². The lowest BCUT2D eigenvalue weighted by atomic mass is 10.1. The molecule has 1 aliphatic rings. The van der Waals surface area contributed by atoms with Crippen LogP contribution < -0.4 is 20.7 Å². The summed E-state index contributed by atoms with van der Waals surface area (Å²) in [6, 6.07) is 11.8. The average Bonchev–Trinajstić information content (AvgIpc) is 3.03. The van der Waals surface area contributed by atoms with Crippen LogP contribution in [-0.4, -0.2) is 54.5 Å². The Morgan fingerprint density at radius 2 is 1.88 bits per heavy atom. The molecular formula is C20H24N4O6S2. The van der Waals surface area contributed by atoms with Crippen molar-refractivity contribution in [3.05, 3.63) is 53.6 Å². The first-order valence-electron chi connectivity index (χ1n) is 9.68. The van der Waals surface area contributed by atoms with Gasteiger partial charge in [-0.05, 0) is 48.5 Å². The molecule has 2 unspecified atom stereocenters. The van der Waals surface area contributed by atoms with Gasteiger partial charge in [0.1, 0.15) is 5.75 Å². The van der Waals surface area contributed by atoms with Crippen LogP contribution in [0.25, 0.3) is 0 Å². The molecule has 1 fully saturated rings. The molecule has 0 spiro atoms. The highest BCUT2D eigenvalue weighted by molar-refractivity contribution is 8.15. The highest BCUT2D eigenvalue weighted by Crippen LogP contribution is 2.32. The lowest BCUT2D eigenvalue weighted by Crippen LogP contribution is -2.29. The third kappa shape index (κ3) is 6.60. The normalized spacial score (nSPS) is 17.1. The number of para-hydroxylation sites is 1. The number of carbonyl (C=O) groups excluding carboxylic acids is 2. The summed E-state index contributed by atoms with van der Waals surface area (Å²) in [6.45, 7) is 0.705. The summed E-state index contributed by atoms with van der Waals surface area (Å²) in [5.74, 6) is -0.632. The van der Waals surface area contributed by atoms with Crippen molar-refractivity contribution in [2.24, 2.45) is 0 Å². The molecule has 3 rings (SSSR count). The first-order valence-corrected chi connectivity index (χ1v) is 12.4. The number of aromatic hydroxyl groups is 1. The van der Waals surface area contributed by atoms with Crippen molar-refractivity contribution in [3.8, 4) is 5.75 Å². The van der Waals surface area contributed by atoms with Gasteiger partial charge in [-0.1, -0.05) is 24.3 Å². The molecule has 1 aliphatic heterocycles. The summed E-state index contributed by atoms with van der Waals surface area (Å²) in [6.07, 6.45) is 0.601. The summed E-state index contributed by atoms with van der Waals surface area (Å²) in [5.41, 5.74) is 1.97. The minimum atomic E-state index is -3.62. The van der Waals surface area contributed by atoms with Crippen molar-refractivity contribution >= 4 is 44.3 Å². The standard InChI is InChI=1S/C20H24N4O6S2/c1-32(29,30)24-17-14(3-2-4-15(17)25)16(26)11-21-10-9-12-5-7-13(8-6-12)22-19-18(27)23-20(28)31-19/h2-8,16,19,21-22,24-26H,9-11H2,1H3,(H,23,27,28). The van der Waals surface area contributed by atoms with E-state index in [-0.39, 0.29) is 34.7 Å². The zero-order chi connectivity index (χ0) is 23.3. The molecule has 12 heteroatoms. The number of nitrogens with one attached hydrogen (secondary N) is 4. The van der Waals surface area contributed by atoms with E-state index in [4.69, 9.17) is 0 Å². The van der Waals surface area contributed by atoms with Crippen LogP contribution in [0.5, 0.6) is 5.75 Å². The summed E-state index contributed by atoms with van der Waals surface area (Å²) < 4.78 is 25.3. The number of rotatable bonds is 10. The number of thioether (sulfide) groups is 1. The van der Waals surface area contributed by atoms with E-state index in [2.05, 4.69) is 20.7 Å². The van der Waals surface area contributed by atoms with Crippen LogP contribution >= 0.6 is 11.8 Å². The molecule has 172 valence electrons. The van der Waals surface area contributed by atoms with Gasteiger partial charge < -0.3 is 20.8 Å². The SMILES string of the molecule is CS(=O)(=O)Nc1c(O)cccc1C(O)CNCCc1ccc(NC2SC(=O)NC2=O)cc1. The van der Waals surface area contributed by atoms with Gasteiger partial charge in [0.15, 0.2) is 5.37 Å². The van der Waals surface area contributed by atoms with E-state index in [0.29, 0.717) is 18.7 Å². The summed E-state index contributed by atoms with van der Waals surface area (Å²) in [5, 5.41) is 27.7. The minimum absolute atomic E-state index is 0.0387. The lowest BCUT2D eigenvalue weighted by Gasteiger charge is -2.18. The van der Waals surface area contributed by atoms with E-state index in [1.54, 1.807) is 6.07 Å². The quantitative estimate of drug-likeness (QED) is 0.218. The molecule has 1 saturated heterocycles. The summed E-state index contributed by atoms with van der Waals surface area (Å²) in [4.78, 5) is 22.8. The number of hydrogen-bond donors (Lipinski definition) is 6. The number of carbonyl (C=O) groups is 2. The average molecular weight is 481 g/mol. The second-order valence-corrected chi connectivity index (χ2v) is 10.0. The minimum Gasteiger partial charge on any atom is -0.506 e. The fraction of sp³-hybridized carbons (Fsp3) is 0.300. The topological polar surface area (TPSA) is 157 Å². The van der Waals surface area contributed by atoms with Crippen molar-refractivity contribution in [2.75, 3.05) is 29.4 Å². The van der Waals surface area contributed by atoms with Crippen LogP contribution in [0.1, 0.15) is 17.2 Å². The highest BCUT2D eigenvalue weighted by Gasteiger charge is 2.31. The molecule has 0 radical (unpaired) electrons. The number of anilines is 2. The number of aliphatic hydroxyl groups excluding tert-OH is 1. The number of benzene rings is 2. The van der Waals surface area contributed by atoms with Gasteiger partial charge in [0.25, 0.3) is 11.1 Å². The Bertz CT molecular complexity index is 1090. The zero-order valence-electron chi connectivity index (χ0n) is 17.2. The number of amides is 2. The first-order chi connectivity index (χ1) is 15.1. The van der Waals surface area contributed by atoms with E-state index < -0.39 is 21.5 Å². The first kappa shape index (κ1) is 23.9. The maximum Gasteiger partial charge on any atom is 0.288 e. The molecule has 2 amide bonds. The zero-order valence-corrected chi connectivity index (χ0v) is 18.8. The molecule has 1 heterocycles. The van der Waals surface area contributed by atoms with Gasteiger partial charge in [-0.2, -0.15) is 0 Å². The van der Waals surface area contributed by atoms with E-state index >= 15 is 0 Å². The lowest BCUT2D eigenvalue weighted by molar-refractivity contribution is -0.118. The smallest absolute Gasteiger partial charge is 0.288 e. The Hall–Kier alpha value is -2.80. The fourth-order valence-electron chi connectivity index (χ4n) is 3.08. The number of phenols is 1. The molecule has 0 aliphatic carbocycles. The number of hydrogen-bond acceptors (Lipinski definition) is 9. The third-order valence-electron chi connectivity index (χ3n) is 4.59. The van der Waals surface area contributed by atoms with Gasteiger partial charge in [0.05, 0.1) is 18.0 Å². The molecule has 0 saturated carbocycles. The van der Waals surface area contributed by atoms with E-state index in [1.807, 2.05) is 24.3 Å². The van der Waals surface area contributed by atoms with Crippen LogP contribution in [0, 0.1) is 0 Å². The van der Waals surface area contributed by atoms with Gasteiger partial charge in [0.2, 0.25) is 10.0 Å². The van der Waals surface area contributed by atoms with Crippen molar-refractivity contribution in [2.45, 2.75) is 17.9 Å². The second-order valence-electron chi connectivity index (χ2n) is 7.20. The molecule has 0 bridgehead atoms. The van der Waals surface area contributed by atoms with Crippen LogP contribution in [0.15, 0.2) is 42.5 Å².